The van der Waals surface area contributed by atoms with Gasteiger partial charge in [0.25, 0.3) is 0 Å². The summed E-state index contributed by atoms with van der Waals surface area (Å²) in [4.78, 5) is 35.6. The highest BCUT2D eigenvalue weighted by atomic mass is 32.1. The van der Waals surface area contributed by atoms with Crippen LogP contribution in [0.25, 0.3) is 0 Å². The van der Waals surface area contributed by atoms with E-state index < -0.39 is 30.7 Å². The molecule has 0 spiro atoms. The molecular formula is C17H18BNO7S. The predicted molar refractivity (Wildman–Crippen MR) is 98.8 cm³/mol. The summed E-state index contributed by atoms with van der Waals surface area (Å²) in [6, 6.07) is 7.42. The second-order valence-electron chi connectivity index (χ2n) is 5.81. The first kappa shape index (κ1) is 20.6. The van der Waals surface area contributed by atoms with Crippen molar-refractivity contribution in [3.63, 3.8) is 0 Å². The van der Waals surface area contributed by atoms with E-state index in [1.807, 2.05) is 0 Å². The van der Waals surface area contributed by atoms with Crippen LogP contribution in [0.1, 0.15) is 38.4 Å². The molecule has 1 aromatic heterocycles. The monoisotopic (exact) mass is 391 g/mol. The number of phenols is 1. The van der Waals surface area contributed by atoms with Crippen LogP contribution < -0.4 is 5.32 Å². The van der Waals surface area contributed by atoms with Crippen LogP contribution in [0.2, 0.25) is 0 Å². The first-order valence-electron chi connectivity index (χ1n) is 8.06. The van der Waals surface area contributed by atoms with Gasteiger partial charge >= 0.3 is 13.1 Å². The van der Waals surface area contributed by atoms with Crippen LogP contribution in [0.15, 0.2) is 35.7 Å². The third-order valence-electron chi connectivity index (χ3n) is 3.87. The molecule has 0 saturated heterocycles. The van der Waals surface area contributed by atoms with Crippen molar-refractivity contribution in [2.45, 2.75) is 25.2 Å². The molecule has 10 heteroatoms. The van der Waals surface area contributed by atoms with Crippen LogP contribution in [-0.2, 0) is 11.2 Å². The quantitative estimate of drug-likeness (QED) is 0.315. The SMILES string of the molecule is O=C(CCC(=O)c1cccs1)N[C@@H](Cc1cccc(C(=O)O)c1O)B(O)O. The highest BCUT2D eigenvalue weighted by molar-refractivity contribution is 7.12. The Balaban J connectivity index is 1.99. The summed E-state index contributed by atoms with van der Waals surface area (Å²) in [6.45, 7) is 0. The maximum Gasteiger partial charge on any atom is 0.475 e. The van der Waals surface area contributed by atoms with Gasteiger partial charge < -0.3 is 25.6 Å². The zero-order chi connectivity index (χ0) is 20.0. The highest BCUT2D eigenvalue weighted by Crippen LogP contribution is 2.24. The summed E-state index contributed by atoms with van der Waals surface area (Å²) < 4.78 is 0. The molecular weight excluding hydrogens is 373 g/mol. The standard InChI is InChI=1S/C17H18BNO7S/c20-12(13-5-2-8-27-13)6-7-15(21)19-14(18(25)26)9-10-3-1-4-11(16(10)22)17(23)24/h1-5,8,14,22,25-26H,6-7,9H2,(H,19,21)(H,23,24)/t14-/m0/s1. The molecule has 27 heavy (non-hydrogen) atoms. The number of rotatable bonds is 9. The van der Waals surface area contributed by atoms with Gasteiger partial charge in [-0.25, -0.2) is 4.79 Å². The number of carboxylic acids is 1. The fourth-order valence-electron chi connectivity index (χ4n) is 2.46. The summed E-state index contributed by atoms with van der Waals surface area (Å²) in [5.74, 6) is -3.76. The maximum atomic E-state index is 12.0. The fraction of sp³-hybridized carbons (Fsp3) is 0.235. The summed E-state index contributed by atoms with van der Waals surface area (Å²) >= 11 is 1.27. The molecule has 0 aliphatic carbocycles. The molecule has 1 heterocycles. The molecule has 0 unspecified atom stereocenters. The third kappa shape index (κ3) is 5.65. The smallest absolute Gasteiger partial charge is 0.475 e. The van der Waals surface area contributed by atoms with E-state index >= 15 is 0 Å². The number of hydrogen-bond donors (Lipinski definition) is 5. The molecule has 1 amide bonds. The van der Waals surface area contributed by atoms with Crippen LogP contribution in [0, 0.1) is 0 Å². The first-order chi connectivity index (χ1) is 12.8. The van der Waals surface area contributed by atoms with Gasteiger partial charge in [0.2, 0.25) is 5.91 Å². The minimum atomic E-state index is -1.94. The summed E-state index contributed by atoms with van der Waals surface area (Å²) in [5.41, 5.74) is -0.186. The number of Topliss-reactive ketones (excluding diaryl/α,β-unsaturated/α-hetero) is 1. The molecule has 0 fully saturated rings. The predicted octanol–water partition coefficient (Wildman–Crippen LogP) is 0.854. The lowest BCUT2D eigenvalue weighted by atomic mass is 9.75. The van der Waals surface area contributed by atoms with Crippen molar-refractivity contribution in [1.82, 2.24) is 5.32 Å². The minimum Gasteiger partial charge on any atom is -0.507 e. The Labute approximate surface area is 159 Å². The van der Waals surface area contributed by atoms with Gasteiger partial charge in [-0.3, -0.25) is 9.59 Å². The van der Waals surface area contributed by atoms with E-state index in [0.29, 0.717) is 4.88 Å². The topological polar surface area (TPSA) is 144 Å². The van der Waals surface area contributed by atoms with E-state index in [0.717, 1.165) is 0 Å². The maximum absolute atomic E-state index is 12.0. The number of benzene rings is 1. The number of aromatic carboxylic acids is 1. The Morgan fingerprint density at radius 1 is 1.11 bits per heavy atom. The Kier molecular flexibility index (Phi) is 7.11. The average molecular weight is 391 g/mol. The van der Waals surface area contributed by atoms with Crippen molar-refractivity contribution in [3.05, 3.63) is 51.7 Å². The van der Waals surface area contributed by atoms with E-state index in [4.69, 9.17) is 5.11 Å². The zero-order valence-corrected chi connectivity index (χ0v) is 15.0. The third-order valence-corrected chi connectivity index (χ3v) is 4.78. The van der Waals surface area contributed by atoms with Crippen molar-refractivity contribution >= 4 is 36.1 Å². The minimum absolute atomic E-state index is 0.0274. The number of aromatic hydroxyl groups is 1. The van der Waals surface area contributed by atoms with Gasteiger partial charge in [0.05, 0.1) is 10.8 Å². The number of carboxylic acid groups (broad SMARTS) is 1. The van der Waals surface area contributed by atoms with Crippen LogP contribution in [0.4, 0.5) is 0 Å². The normalized spacial score (nSPS) is 11.6. The van der Waals surface area contributed by atoms with Gasteiger partial charge in [-0.2, -0.15) is 0 Å². The van der Waals surface area contributed by atoms with Crippen molar-refractivity contribution in [3.8, 4) is 5.75 Å². The molecule has 142 valence electrons. The lowest BCUT2D eigenvalue weighted by Crippen LogP contribution is -2.48. The van der Waals surface area contributed by atoms with Crippen LogP contribution in [0.5, 0.6) is 5.75 Å². The number of carbonyl (C=O) groups is 3. The van der Waals surface area contributed by atoms with Crippen molar-refractivity contribution in [2.24, 2.45) is 0 Å². The molecule has 5 N–H and O–H groups in total. The van der Waals surface area contributed by atoms with Crippen LogP contribution in [0.3, 0.4) is 0 Å². The summed E-state index contributed by atoms with van der Waals surface area (Å²) in [7, 11) is -1.94. The number of hydrogen-bond acceptors (Lipinski definition) is 7. The molecule has 2 rings (SSSR count). The van der Waals surface area contributed by atoms with Gasteiger partial charge in [-0.05, 0) is 29.5 Å². The fourth-order valence-corrected chi connectivity index (χ4v) is 3.16. The van der Waals surface area contributed by atoms with Crippen molar-refractivity contribution < 1.29 is 34.6 Å². The highest BCUT2D eigenvalue weighted by Gasteiger charge is 2.27. The van der Waals surface area contributed by atoms with Crippen LogP contribution in [-0.4, -0.2) is 51.0 Å². The molecule has 0 aliphatic rings. The Morgan fingerprint density at radius 2 is 1.85 bits per heavy atom. The molecule has 2 aromatic rings. The Bertz CT molecular complexity index is 823. The number of nitrogens with one attached hydrogen (secondary N) is 1. The lowest BCUT2D eigenvalue weighted by molar-refractivity contribution is -0.121. The van der Waals surface area contributed by atoms with E-state index in [2.05, 4.69) is 5.32 Å². The number of ketones is 1. The van der Waals surface area contributed by atoms with Gasteiger partial charge in [-0.15, -0.1) is 11.3 Å². The Morgan fingerprint density at radius 3 is 2.44 bits per heavy atom. The Hall–Kier alpha value is -2.69. The molecule has 0 aliphatic heterocycles. The average Bonchev–Trinajstić information content (AvgIpc) is 3.15. The van der Waals surface area contributed by atoms with E-state index in [1.54, 1.807) is 17.5 Å². The largest absolute Gasteiger partial charge is 0.507 e. The van der Waals surface area contributed by atoms with Gasteiger partial charge in [0, 0.05) is 12.8 Å². The molecule has 1 aromatic carbocycles. The lowest BCUT2D eigenvalue weighted by Gasteiger charge is -2.19. The van der Waals surface area contributed by atoms with E-state index in [-0.39, 0.29) is 36.2 Å². The summed E-state index contributed by atoms with van der Waals surface area (Å²) in [5, 5.41) is 42.2. The number of carbonyl (C=O) groups excluding carboxylic acids is 2. The first-order valence-corrected chi connectivity index (χ1v) is 8.94. The van der Waals surface area contributed by atoms with Gasteiger partial charge in [0.15, 0.2) is 5.78 Å². The number of para-hydroxylation sites is 1. The number of amides is 1. The second kappa shape index (κ2) is 9.31. The molecule has 0 saturated carbocycles. The molecule has 0 radical (unpaired) electrons. The van der Waals surface area contributed by atoms with Crippen LogP contribution >= 0.6 is 11.3 Å². The van der Waals surface area contributed by atoms with Gasteiger partial charge in [-0.1, -0.05) is 18.2 Å². The molecule has 8 nitrogen and oxygen atoms in total. The molecule has 0 bridgehead atoms. The number of thiophene rings is 1. The van der Waals surface area contributed by atoms with Crippen molar-refractivity contribution in [2.75, 3.05) is 0 Å². The second-order valence-corrected chi connectivity index (χ2v) is 6.76. The van der Waals surface area contributed by atoms with Gasteiger partial charge in [0.1, 0.15) is 11.3 Å². The van der Waals surface area contributed by atoms with Crippen molar-refractivity contribution in [1.29, 1.82) is 0 Å². The summed E-state index contributed by atoms with van der Waals surface area (Å²) in [6.07, 6.45) is -0.364. The molecule has 1 atom stereocenters. The zero-order valence-electron chi connectivity index (χ0n) is 14.2. The van der Waals surface area contributed by atoms with E-state index in [9.17, 15) is 29.5 Å². The van der Waals surface area contributed by atoms with E-state index in [1.165, 1.54) is 29.5 Å².